The number of hydrogen-bond acceptors (Lipinski definition) is 8. The molecule has 0 fully saturated rings. The lowest BCUT2D eigenvalue weighted by atomic mass is 9.82. The summed E-state index contributed by atoms with van der Waals surface area (Å²) in [6.07, 6.45) is 0. The molecule has 2 atom stereocenters. The van der Waals surface area contributed by atoms with Gasteiger partial charge in [-0.1, -0.05) is 34.1 Å². The first-order chi connectivity index (χ1) is 18.9. The highest BCUT2D eigenvalue weighted by molar-refractivity contribution is 9.10. The first-order valence-corrected chi connectivity index (χ1v) is 14.0. The number of carbonyl (C=O) groups excluding carboxylic acids is 2. The predicted molar refractivity (Wildman–Crippen MR) is 146 cm³/mol. The Kier molecular flexibility index (Phi) is 8.11. The largest absolute Gasteiger partial charge is 0.493 e. The molecule has 1 N–H and O–H groups in total. The van der Waals surface area contributed by atoms with Gasteiger partial charge < -0.3 is 24.2 Å². The normalized spacial score (nSPS) is 18.2. The van der Waals surface area contributed by atoms with Crippen LogP contribution in [0, 0.1) is 5.82 Å². The van der Waals surface area contributed by atoms with E-state index in [4.69, 9.17) is 9.47 Å². The van der Waals surface area contributed by atoms with E-state index in [-0.39, 0.29) is 33.2 Å². The average Bonchev–Trinajstić information content (AvgIpc) is 3.21. The van der Waals surface area contributed by atoms with E-state index in [0.717, 1.165) is 22.4 Å². The van der Waals surface area contributed by atoms with Crippen LogP contribution in [0.15, 0.2) is 70.0 Å². The minimum absolute atomic E-state index is 0.0409. The van der Waals surface area contributed by atoms with Gasteiger partial charge in [0.15, 0.2) is 17.5 Å². The molecular weight excluding hydrogens is 611 g/mol. The van der Waals surface area contributed by atoms with Crippen LogP contribution in [0.1, 0.15) is 11.1 Å². The van der Waals surface area contributed by atoms with Gasteiger partial charge in [0.05, 0.1) is 31.9 Å². The summed E-state index contributed by atoms with van der Waals surface area (Å²) in [6.45, 7) is -0.552. The molecule has 3 aromatic rings. The molecule has 0 aromatic heterocycles. The maximum absolute atomic E-state index is 15.3. The van der Waals surface area contributed by atoms with Gasteiger partial charge in [0.2, 0.25) is 0 Å². The van der Waals surface area contributed by atoms with Crippen LogP contribution < -0.4 is 13.8 Å². The monoisotopic (exact) mass is 636 g/mol. The first kappa shape index (κ1) is 29.3. The fourth-order valence-corrected chi connectivity index (χ4v) is 6.73. The van der Waals surface area contributed by atoms with Crippen molar-refractivity contribution in [1.29, 1.82) is 0 Å². The first-order valence-electron chi connectivity index (χ1n) is 11.8. The minimum Gasteiger partial charge on any atom is -0.493 e. The predicted octanol–water partition coefficient (Wildman–Crippen LogP) is 3.05. The number of halogens is 2. The van der Waals surface area contributed by atoms with Crippen molar-refractivity contribution in [2.75, 3.05) is 39.2 Å². The van der Waals surface area contributed by atoms with Gasteiger partial charge in [-0.3, -0.25) is 9.59 Å². The lowest BCUT2D eigenvalue weighted by Crippen LogP contribution is -2.57. The molecule has 10 nitrogen and oxygen atoms in total. The Morgan fingerprint density at radius 1 is 1.02 bits per heavy atom. The molecule has 3 aromatic carbocycles. The molecule has 1 heterocycles. The van der Waals surface area contributed by atoms with Crippen LogP contribution in [0.5, 0.6) is 11.5 Å². The van der Waals surface area contributed by atoms with Gasteiger partial charge in [-0.15, -0.1) is 0 Å². The second kappa shape index (κ2) is 11.1. The summed E-state index contributed by atoms with van der Waals surface area (Å²) in [7, 11) is 0.468. The van der Waals surface area contributed by atoms with Crippen molar-refractivity contribution in [1.82, 2.24) is 4.90 Å². The van der Waals surface area contributed by atoms with Gasteiger partial charge in [0.25, 0.3) is 15.9 Å². The maximum atomic E-state index is 15.3. The molecule has 0 radical (unpaired) electrons. The number of nitrogens with zero attached hydrogens (tertiary/aromatic N) is 2. The highest BCUT2D eigenvalue weighted by Crippen LogP contribution is 2.52. The molecule has 0 spiro atoms. The van der Waals surface area contributed by atoms with E-state index in [2.05, 4.69) is 20.7 Å². The summed E-state index contributed by atoms with van der Waals surface area (Å²) in [4.78, 5) is 26.7. The van der Waals surface area contributed by atoms with Gasteiger partial charge in [0, 0.05) is 28.7 Å². The second-order valence-corrected chi connectivity index (χ2v) is 11.6. The highest BCUT2D eigenvalue weighted by Gasteiger charge is 2.60. The van der Waals surface area contributed by atoms with Crippen molar-refractivity contribution in [3.05, 3.63) is 82.1 Å². The van der Waals surface area contributed by atoms with Crippen molar-refractivity contribution in [3.8, 4) is 11.5 Å². The molecule has 13 heteroatoms. The number of esters is 1. The maximum Gasteiger partial charge on any atom is 0.325 e. The molecule has 4 rings (SSSR count). The Labute approximate surface area is 239 Å². The topological polar surface area (TPSA) is 123 Å². The van der Waals surface area contributed by atoms with E-state index >= 15 is 4.39 Å². The fourth-order valence-electron chi connectivity index (χ4n) is 4.71. The van der Waals surface area contributed by atoms with Crippen molar-refractivity contribution in [2.24, 2.45) is 0 Å². The SMILES string of the molecule is COC(=O)CN(C)C(=O)[C@H]1N(S(=O)(=O)c2ccc(OC)c(OC)c2)c2ccc(Br)cc2[C@]1(O)c1ccccc1F. The van der Waals surface area contributed by atoms with Crippen molar-refractivity contribution in [2.45, 2.75) is 16.5 Å². The number of aliphatic hydroxyl groups is 1. The number of rotatable bonds is 8. The van der Waals surface area contributed by atoms with E-state index in [9.17, 15) is 23.1 Å². The third kappa shape index (κ3) is 4.78. The highest BCUT2D eigenvalue weighted by atomic mass is 79.9. The lowest BCUT2D eigenvalue weighted by molar-refractivity contribution is -0.148. The molecule has 1 aliphatic heterocycles. The van der Waals surface area contributed by atoms with Crippen molar-refractivity contribution in [3.63, 3.8) is 0 Å². The van der Waals surface area contributed by atoms with E-state index in [1.807, 2.05) is 0 Å². The quantitative estimate of drug-likeness (QED) is 0.374. The van der Waals surface area contributed by atoms with Crippen LogP contribution in [0.25, 0.3) is 0 Å². The van der Waals surface area contributed by atoms with Gasteiger partial charge in [-0.25, -0.2) is 17.1 Å². The summed E-state index contributed by atoms with van der Waals surface area (Å²) < 4.78 is 60.3. The van der Waals surface area contributed by atoms with Crippen molar-refractivity contribution < 1.29 is 41.7 Å². The number of sulfonamides is 1. The zero-order valence-electron chi connectivity index (χ0n) is 21.9. The molecule has 0 aliphatic carbocycles. The molecule has 0 unspecified atom stereocenters. The molecule has 0 saturated heterocycles. The number of methoxy groups -OCH3 is 3. The number of anilines is 1. The Morgan fingerprint density at radius 2 is 1.70 bits per heavy atom. The van der Waals surface area contributed by atoms with E-state index < -0.39 is 45.9 Å². The van der Waals surface area contributed by atoms with Crippen LogP contribution in [0.2, 0.25) is 0 Å². The minimum atomic E-state index is -4.64. The number of carbonyl (C=O) groups is 2. The van der Waals surface area contributed by atoms with Gasteiger partial charge >= 0.3 is 5.97 Å². The summed E-state index contributed by atoms with van der Waals surface area (Å²) in [6, 6.07) is 11.5. The Bertz CT molecular complexity index is 1580. The molecule has 0 saturated carbocycles. The third-order valence-electron chi connectivity index (χ3n) is 6.64. The average molecular weight is 637 g/mol. The van der Waals surface area contributed by atoms with Crippen LogP contribution in [0.4, 0.5) is 10.1 Å². The fraction of sp³-hybridized carbons (Fsp3) is 0.259. The Balaban J connectivity index is 2.03. The van der Waals surface area contributed by atoms with Gasteiger partial charge in [0.1, 0.15) is 18.0 Å². The molecule has 1 amide bonds. The number of ether oxygens (including phenoxy) is 3. The number of likely N-dealkylation sites (N-methyl/N-ethyl adjacent to an activating group) is 1. The molecular formula is C27H26BrFN2O8S. The summed E-state index contributed by atoms with van der Waals surface area (Å²) >= 11 is 3.33. The second-order valence-electron chi connectivity index (χ2n) is 8.90. The molecule has 212 valence electrons. The summed E-state index contributed by atoms with van der Waals surface area (Å²) in [5, 5.41) is 12.4. The molecule has 40 heavy (non-hydrogen) atoms. The smallest absolute Gasteiger partial charge is 0.325 e. The summed E-state index contributed by atoms with van der Waals surface area (Å²) in [5.74, 6) is -2.26. The van der Waals surface area contributed by atoms with Crippen LogP contribution in [-0.2, 0) is 30.0 Å². The standard InChI is InChI=1S/C27H26BrFN2O8S/c1-30(15-24(32)39-4)26(33)25-27(34,18-7-5-6-8-20(18)29)19-13-16(28)9-11-21(19)31(25)40(35,36)17-10-12-22(37-2)23(14-17)38-3/h5-14,25,34H,15H2,1-4H3/t25-,27-/m1/s1. The van der Waals surface area contributed by atoms with Crippen LogP contribution in [0.3, 0.4) is 0 Å². The van der Waals surface area contributed by atoms with Crippen LogP contribution in [-0.4, -0.2) is 71.3 Å². The number of hydrogen-bond donors (Lipinski definition) is 1. The summed E-state index contributed by atoms with van der Waals surface area (Å²) in [5.41, 5.74) is -2.94. The number of benzene rings is 3. The Morgan fingerprint density at radius 3 is 2.33 bits per heavy atom. The Hall–Kier alpha value is -3.68. The van der Waals surface area contributed by atoms with E-state index in [1.165, 1.54) is 75.9 Å². The van der Waals surface area contributed by atoms with Gasteiger partial charge in [-0.2, -0.15) is 0 Å². The molecule has 0 bridgehead atoms. The molecule has 1 aliphatic rings. The number of amides is 1. The van der Waals surface area contributed by atoms with Crippen LogP contribution >= 0.6 is 15.9 Å². The van der Waals surface area contributed by atoms with Crippen molar-refractivity contribution >= 4 is 43.5 Å². The van der Waals surface area contributed by atoms with E-state index in [0.29, 0.717) is 4.47 Å². The number of fused-ring (bicyclic) bond motifs is 1. The third-order valence-corrected chi connectivity index (χ3v) is 8.91. The zero-order valence-corrected chi connectivity index (χ0v) is 24.3. The lowest BCUT2D eigenvalue weighted by Gasteiger charge is -2.36. The zero-order chi connectivity index (χ0) is 29.4. The van der Waals surface area contributed by atoms with Gasteiger partial charge in [-0.05, 0) is 36.4 Å². The van der Waals surface area contributed by atoms with E-state index in [1.54, 1.807) is 0 Å².